The molecule has 4 nitrogen and oxygen atoms in total. The molecule has 5 heteroatoms. The molecule has 4 saturated carbocycles. The van der Waals surface area contributed by atoms with Crippen molar-refractivity contribution in [1.29, 1.82) is 0 Å². The number of hydrogen-bond acceptors (Lipinski definition) is 4. The molecule has 29 heavy (non-hydrogen) atoms. The summed E-state index contributed by atoms with van der Waals surface area (Å²) in [6.45, 7) is 2.60. The maximum atomic E-state index is 12.9. The minimum absolute atomic E-state index is 0.144. The highest BCUT2D eigenvalue weighted by Gasteiger charge is 2.51. The van der Waals surface area contributed by atoms with Gasteiger partial charge in [-0.2, -0.15) is 0 Å². The van der Waals surface area contributed by atoms with Crippen LogP contribution >= 0.6 is 11.3 Å². The van der Waals surface area contributed by atoms with Gasteiger partial charge in [-0.15, -0.1) is 11.3 Å². The van der Waals surface area contributed by atoms with E-state index in [1.54, 1.807) is 0 Å². The number of piperidine rings is 1. The summed E-state index contributed by atoms with van der Waals surface area (Å²) in [5.74, 6) is 3.46. The van der Waals surface area contributed by atoms with Crippen LogP contribution in [0.4, 0.5) is 0 Å². The number of fused-ring (bicyclic) bond motifs is 1. The topological polar surface area (TPSA) is 45.2 Å². The smallest absolute Gasteiger partial charge is 0.234 e. The van der Waals surface area contributed by atoms with Gasteiger partial charge in [-0.05, 0) is 94.3 Å². The Hall–Kier alpha value is -1.46. The van der Waals surface area contributed by atoms with E-state index in [-0.39, 0.29) is 11.4 Å². The van der Waals surface area contributed by atoms with E-state index >= 15 is 0 Å². The van der Waals surface area contributed by atoms with Crippen LogP contribution in [0.5, 0.6) is 0 Å². The lowest BCUT2D eigenvalue weighted by molar-refractivity contribution is -0.128. The third kappa shape index (κ3) is 3.50. The maximum absolute atomic E-state index is 12.9. The first-order valence-corrected chi connectivity index (χ1v) is 12.3. The first-order chi connectivity index (χ1) is 14.1. The molecule has 5 fully saturated rings. The number of benzene rings is 1. The third-order valence-electron chi connectivity index (χ3n) is 8.06. The van der Waals surface area contributed by atoms with Crippen molar-refractivity contribution < 1.29 is 4.79 Å². The van der Waals surface area contributed by atoms with E-state index in [9.17, 15) is 4.79 Å². The minimum atomic E-state index is 0.144. The molecule has 1 amide bonds. The zero-order valence-corrected chi connectivity index (χ0v) is 17.9. The number of likely N-dealkylation sites (tertiary alicyclic amines) is 1. The van der Waals surface area contributed by atoms with Crippen LogP contribution in [0.15, 0.2) is 24.3 Å². The lowest BCUT2D eigenvalue weighted by Crippen LogP contribution is -2.61. The first-order valence-electron chi connectivity index (χ1n) is 11.5. The van der Waals surface area contributed by atoms with Gasteiger partial charge in [0.25, 0.3) is 0 Å². The number of nitrogens with one attached hydrogen (secondary N) is 1. The van der Waals surface area contributed by atoms with E-state index in [1.165, 1.54) is 48.2 Å². The Balaban J connectivity index is 1.04. The zero-order valence-electron chi connectivity index (χ0n) is 17.1. The van der Waals surface area contributed by atoms with Crippen LogP contribution in [0.25, 0.3) is 10.2 Å². The predicted octanol–water partition coefficient (Wildman–Crippen LogP) is 4.56. The Morgan fingerprint density at radius 3 is 2.38 bits per heavy atom. The number of para-hydroxylation sites is 1. The van der Waals surface area contributed by atoms with Gasteiger partial charge in [0.15, 0.2) is 0 Å². The molecule has 0 unspecified atom stereocenters. The fraction of sp³-hybridized carbons (Fsp3) is 0.667. The van der Waals surface area contributed by atoms with E-state index in [4.69, 9.17) is 4.98 Å². The highest BCUT2D eigenvalue weighted by molar-refractivity contribution is 7.18. The predicted molar refractivity (Wildman–Crippen MR) is 117 cm³/mol. The molecule has 1 aliphatic heterocycles. The summed E-state index contributed by atoms with van der Waals surface area (Å²) >= 11 is 1.85. The van der Waals surface area contributed by atoms with E-state index in [2.05, 4.69) is 34.5 Å². The summed E-state index contributed by atoms with van der Waals surface area (Å²) < 4.78 is 1.29. The van der Waals surface area contributed by atoms with Gasteiger partial charge in [-0.1, -0.05) is 12.1 Å². The van der Waals surface area contributed by atoms with Gasteiger partial charge in [-0.3, -0.25) is 9.69 Å². The Kier molecular flexibility index (Phi) is 4.46. The number of amides is 1. The number of nitrogens with zero attached hydrogens (tertiary/aromatic N) is 2. The number of carbonyl (C=O) groups is 1. The molecule has 2 heterocycles. The van der Waals surface area contributed by atoms with E-state index < -0.39 is 0 Å². The summed E-state index contributed by atoms with van der Waals surface area (Å²) in [7, 11) is 0. The summed E-state index contributed by atoms with van der Waals surface area (Å²) in [4.78, 5) is 20.1. The van der Waals surface area contributed by atoms with Gasteiger partial charge in [0, 0.05) is 11.5 Å². The van der Waals surface area contributed by atoms with Crippen LogP contribution in [-0.2, 0) is 4.79 Å². The molecule has 2 aromatic rings. The molecule has 7 rings (SSSR count). The van der Waals surface area contributed by atoms with Crippen molar-refractivity contribution in [3.05, 3.63) is 29.3 Å². The van der Waals surface area contributed by atoms with Crippen LogP contribution in [0.1, 0.15) is 62.3 Å². The number of rotatable bonds is 4. The second-order valence-electron chi connectivity index (χ2n) is 10.3. The molecule has 1 aromatic carbocycles. The van der Waals surface area contributed by atoms with Crippen molar-refractivity contribution in [2.45, 2.75) is 62.8 Å². The lowest BCUT2D eigenvalue weighted by Gasteiger charge is -2.57. The summed E-state index contributed by atoms with van der Waals surface area (Å²) in [6, 6.07) is 8.44. The Labute approximate surface area is 177 Å². The number of thiazole rings is 1. The molecule has 4 bridgehead atoms. The molecule has 1 aromatic heterocycles. The highest BCUT2D eigenvalue weighted by Crippen LogP contribution is 2.55. The second kappa shape index (κ2) is 7.05. The average molecular weight is 410 g/mol. The van der Waals surface area contributed by atoms with Crippen LogP contribution in [0.3, 0.4) is 0 Å². The minimum Gasteiger partial charge on any atom is -0.350 e. The normalized spacial score (nSPS) is 34.7. The van der Waals surface area contributed by atoms with Crippen molar-refractivity contribution >= 4 is 27.5 Å². The summed E-state index contributed by atoms with van der Waals surface area (Å²) in [5.41, 5.74) is 1.27. The zero-order chi connectivity index (χ0) is 19.4. The quantitative estimate of drug-likeness (QED) is 0.805. The Bertz CT molecular complexity index is 845. The molecular formula is C24H31N3OS. The van der Waals surface area contributed by atoms with Crippen molar-refractivity contribution in [2.24, 2.45) is 17.8 Å². The van der Waals surface area contributed by atoms with Gasteiger partial charge < -0.3 is 5.32 Å². The van der Waals surface area contributed by atoms with Gasteiger partial charge in [0.05, 0.1) is 21.8 Å². The van der Waals surface area contributed by atoms with Gasteiger partial charge in [-0.25, -0.2) is 4.98 Å². The molecule has 0 spiro atoms. The van der Waals surface area contributed by atoms with Gasteiger partial charge in [0.1, 0.15) is 0 Å². The SMILES string of the molecule is O=C(CN1CCC(c2nc3ccccc3s2)CC1)NC12CC3CC(CC(C3)C1)C2. The largest absolute Gasteiger partial charge is 0.350 e. The summed E-state index contributed by atoms with van der Waals surface area (Å²) in [6.07, 6.45) is 10.2. The van der Waals surface area contributed by atoms with Crippen LogP contribution in [0, 0.1) is 17.8 Å². The number of aromatic nitrogens is 1. The van der Waals surface area contributed by atoms with Crippen LogP contribution < -0.4 is 5.32 Å². The second-order valence-corrected chi connectivity index (χ2v) is 11.4. The molecule has 154 valence electrons. The Morgan fingerprint density at radius 2 is 1.72 bits per heavy atom. The number of hydrogen-bond donors (Lipinski definition) is 1. The summed E-state index contributed by atoms with van der Waals surface area (Å²) in [5, 5.41) is 4.82. The maximum Gasteiger partial charge on any atom is 0.234 e. The average Bonchev–Trinajstić information content (AvgIpc) is 3.11. The van der Waals surface area contributed by atoms with Gasteiger partial charge in [0.2, 0.25) is 5.91 Å². The first kappa shape index (κ1) is 18.3. The van der Waals surface area contributed by atoms with Crippen LogP contribution in [-0.4, -0.2) is 41.0 Å². The molecule has 0 radical (unpaired) electrons. The van der Waals surface area contributed by atoms with E-state index in [0.29, 0.717) is 12.5 Å². The monoisotopic (exact) mass is 409 g/mol. The number of carbonyl (C=O) groups excluding carboxylic acids is 1. The third-order valence-corrected chi connectivity index (χ3v) is 9.26. The fourth-order valence-electron chi connectivity index (χ4n) is 7.20. The van der Waals surface area contributed by atoms with Crippen molar-refractivity contribution in [2.75, 3.05) is 19.6 Å². The highest BCUT2D eigenvalue weighted by atomic mass is 32.1. The molecule has 0 atom stereocenters. The van der Waals surface area contributed by atoms with Gasteiger partial charge >= 0.3 is 0 Å². The molecule has 1 saturated heterocycles. The lowest BCUT2D eigenvalue weighted by atomic mass is 9.53. The molecular weight excluding hydrogens is 378 g/mol. The fourth-order valence-corrected chi connectivity index (χ4v) is 8.34. The van der Waals surface area contributed by atoms with Crippen molar-refractivity contribution in [3.63, 3.8) is 0 Å². The van der Waals surface area contributed by atoms with E-state index in [1.807, 2.05) is 11.3 Å². The molecule has 4 aliphatic carbocycles. The van der Waals surface area contributed by atoms with Crippen molar-refractivity contribution in [3.8, 4) is 0 Å². The molecule has 5 aliphatic rings. The van der Waals surface area contributed by atoms with Crippen molar-refractivity contribution in [1.82, 2.24) is 15.2 Å². The van der Waals surface area contributed by atoms with Crippen LogP contribution in [0.2, 0.25) is 0 Å². The standard InChI is InChI=1S/C24H31N3OS/c28-22(26-24-12-16-9-17(13-24)11-18(10-16)14-24)15-27-7-5-19(6-8-27)23-25-20-3-1-2-4-21(20)29-23/h1-4,16-19H,5-15H2,(H,26,28). The molecule has 1 N–H and O–H groups in total. The van der Waals surface area contributed by atoms with E-state index in [0.717, 1.165) is 49.2 Å². The Morgan fingerprint density at radius 1 is 1.07 bits per heavy atom.